The van der Waals surface area contributed by atoms with Crippen molar-refractivity contribution in [2.24, 2.45) is 11.8 Å². The normalized spacial score (nSPS) is 10.8. The second-order valence-corrected chi connectivity index (χ2v) is 12.8. The van der Waals surface area contributed by atoms with Gasteiger partial charge in [-0.1, -0.05) is 24.6 Å². The first-order valence-corrected chi connectivity index (χ1v) is 15.2. The lowest BCUT2D eigenvalue weighted by Crippen LogP contribution is -2.34. The smallest absolute Gasteiger partial charge is 0.339 e. The number of esters is 4. The number of carbonyl (C=O) groups is 5. The van der Waals surface area contributed by atoms with Gasteiger partial charge in [0.05, 0.1) is 26.4 Å². The summed E-state index contributed by atoms with van der Waals surface area (Å²) in [7, 11) is 0. The van der Waals surface area contributed by atoms with Gasteiger partial charge in [-0.05, 0) is 68.3 Å². The van der Waals surface area contributed by atoms with E-state index in [9.17, 15) is 28.5 Å². The van der Waals surface area contributed by atoms with Crippen molar-refractivity contribution in [1.82, 2.24) is 0 Å². The van der Waals surface area contributed by atoms with E-state index in [2.05, 4.69) is 43.2 Å². The van der Waals surface area contributed by atoms with Gasteiger partial charge < -0.3 is 18.9 Å². The van der Waals surface area contributed by atoms with E-state index in [0.717, 1.165) is 0 Å². The molecule has 0 spiro atoms. The molecule has 0 aromatic carbocycles. The SMILES string of the molecule is CC=C(Cl)C(C(=O)OCC)C(=O)OCC.CCOC(=O)C(C(=O)CC)C(=O)OCC.O=P(Cl)(Cl)Cl. The summed E-state index contributed by atoms with van der Waals surface area (Å²) < 4.78 is 28.2. The van der Waals surface area contributed by atoms with Gasteiger partial charge in [-0.15, -0.1) is 0 Å². The Hall–Kier alpha value is -1.32. The number of ketones is 1. The minimum absolute atomic E-state index is 0.0995. The average molecular weight is 604 g/mol. The fourth-order valence-electron chi connectivity index (χ4n) is 1.95. The molecule has 0 rings (SSSR count). The van der Waals surface area contributed by atoms with E-state index in [1.807, 2.05) is 0 Å². The molecule has 204 valence electrons. The quantitative estimate of drug-likeness (QED) is 0.131. The molecule has 0 bridgehead atoms. The van der Waals surface area contributed by atoms with Crippen LogP contribution < -0.4 is 0 Å². The van der Waals surface area contributed by atoms with Crippen molar-refractivity contribution in [3.63, 3.8) is 0 Å². The Morgan fingerprint density at radius 2 is 0.943 bits per heavy atom. The van der Waals surface area contributed by atoms with Gasteiger partial charge in [0, 0.05) is 11.5 Å². The van der Waals surface area contributed by atoms with Crippen molar-refractivity contribution in [2.45, 2.75) is 48.0 Å². The molecule has 0 aromatic heterocycles. The van der Waals surface area contributed by atoms with Crippen LogP contribution in [0, 0.1) is 11.8 Å². The van der Waals surface area contributed by atoms with Gasteiger partial charge >= 0.3 is 29.1 Å². The molecule has 0 heterocycles. The Bertz CT molecular complexity index is 723. The topological polar surface area (TPSA) is 139 Å². The lowest BCUT2D eigenvalue weighted by molar-refractivity contribution is -0.164. The number of halogens is 4. The van der Waals surface area contributed by atoms with E-state index in [1.165, 1.54) is 6.08 Å². The molecular formula is C20H31Cl4O10P. The monoisotopic (exact) mass is 602 g/mol. The predicted octanol–water partition coefficient (Wildman–Crippen LogP) is 5.39. The molecule has 0 radical (unpaired) electrons. The number of rotatable bonds is 11. The van der Waals surface area contributed by atoms with Crippen molar-refractivity contribution < 1.29 is 47.5 Å². The average Bonchev–Trinajstić information content (AvgIpc) is 2.73. The maximum Gasteiger partial charge on any atom is 0.339 e. The third-order valence-corrected chi connectivity index (χ3v) is 3.75. The molecule has 0 amide bonds. The Balaban J connectivity index is -0.000000491. The van der Waals surface area contributed by atoms with Crippen LogP contribution in [0.15, 0.2) is 11.1 Å². The summed E-state index contributed by atoms with van der Waals surface area (Å²) in [6, 6.07) is 0. The van der Waals surface area contributed by atoms with Gasteiger partial charge in [0.15, 0.2) is 11.7 Å². The van der Waals surface area contributed by atoms with Gasteiger partial charge in [-0.3, -0.25) is 28.5 Å². The summed E-state index contributed by atoms with van der Waals surface area (Å²) in [5.74, 6) is -6.08. The molecule has 0 unspecified atom stereocenters. The highest BCUT2D eigenvalue weighted by molar-refractivity contribution is 8.24. The van der Waals surface area contributed by atoms with Crippen LogP contribution >= 0.6 is 50.5 Å². The van der Waals surface area contributed by atoms with Crippen LogP contribution in [-0.2, 0) is 47.5 Å². The van der Waals surface area contributed by atoms with Gasteiger partial charge in [0.1, 0.15) is 0 Å². The van der Waals surface area contributed by atoms with E-state index < -0.39 is 46.7 Å². The molecule has 0 N–H and O–H groups in total. The summed E-state index contributed by atoms with van der Waals surface area (Å²) in [6.45, 7) is 10.4. The zero-order valence-corrected chi connectivity index (χ0v) is 24.2. The minimum Gasteiger partial charge on any atom is -0.465 e. The molecular weight excluding hydrogens is 573 g/mol. The molecule has 0 aliphatic heterocycles. The van der Waals surface area contributed by atoms with E-state index in [4.69, 9.17) is 21.1 Å². The zero-order valence-electron chi connectivity index (χ0n) is 20.3. The first-order chi connectivity index (χ1) is 16.2. The minimum atomic E-state index is -3.22. The van der Waals surface area contributed by atoms with Crippen molar-refractivity contribution in [2.75, 3.05) is 26.4 Å². The summed E-state index contributed by atoms with van der Waals surface area (Å²) in [6.07, 6.45) is 1.57. The molecule has 0 aliphatic rings. The summed E-state index contributed by atoms with van der Waals surface area (Å²) >= 11 is 19.6. The van der Waals surface area contributed by atoms with Crippen LogP contribution in [0.4, 0.5) is 0 Å². The molecule has 0 aliphatic carbocycles. The molecule has 0 atom stereocenters. The Morgan fingerprint density at radius 1 is 0.686 bits per heavy atom. The third-order valence-electron chi connectivity index (χ3n) is 3.31. The first kappa shape index (κ1) is 38.2. The van der Waals surface area contributed by atoms with Crippen LogP contribution in [0.2, 0.25) is 0 Å². The van der Waals surface area contributed by atoms with Crippen LogP contribution in [0.5, 0.6) is 0 Å². The lowest BCUT2D eigenvalue weighted by Gasteiger charge is -2.13. The Morgan fingerprint density at radius 3 is 1.14 bits per heavy atom. The highest BCUT2D eigenvalue weighted by Gasteiger charge is 2.35. The fourth-order valence-corrected chi connectivity index (χ4v) is 2.13. The predicted molar refractivity (Wildman–Crippen MR) is 134 cm³/mol. The molecule has 0 saturated heterocycles. The largest absolute Gasteiger partial charge is 0.465 e. The van der Waals surface area contributed by atoms with Gasteiger partial charge in [-0.25, -0.2) is 0 Å². The number of carbonyl (C=O) groups excluding carboxylic acids is 5. The Labute approximate surface area is 224 Å². The number of hydrogen-bond acceptors (Lipinski definition) is 10. The van der Waals surface area contributed by atoms with Crippen molar-refractivity contribution >= 4 is 80.2 Å². The van der Waals surface area contributed by atoms with Gasteiger partial charge in [0.25, 0.3) is 0 Å². The van der Waals surface area contributed by atoms with Crippen molar-refractivity contribution in [1.29, 1.82) is 0 Å². The maximum absolute atomic E-state index is 11.4. The number of Topliss-reactive ketones (excluding diaryl/α,β-unsaturated/α-hetero) is 1. The number of ether oxygens (including phenoxy) is 4. The van der Waals surface area contributed by atoms with Crippen molar-refractivity contribution in [3.05, 3.63) is 11.1 Å². The van der Waals surface area contributed by atoms with Crippen molar-refractivity contribution in [3.8, 4) is 0 Å². The van der Waals surface area contributed by atoms with E-state index in [1.54, 1.807) is 41.5 Å². The van der Waals surface area contributed by atoms with Gasteiger partial charge in [-0.2, -0.15) is 0 Å². The Kier molecular flexibility index (Phi) is 23.9. The van der Waals surface area contributed by atoms with Crippen LogP contribution in [0.1, 0.15) is 48.0 Å². The lowest BCUT2D eigenvalue weighted by atomic mass is 10.0. The third kappa shape index (κ3) is 20.6. The second kappa shape index (κ2) is 21.9. The van der Waals surface area contributed by atoms with E-state index >= 15 is 0 Å². The molecule has 35 heavy (non-hydrogen) atoms. The molecule has 0 fully saturated rings. The molecule has 10 nitrogen and oxygen atoms in total. The highest BCUT2D eigenvalue weighted by atomic mass is 36.0. The standard InChI is InChI=1S/C10H15ClO4.C10H16O5.Cl3OP/c2*1-4-7(11)8(9(12)14-5-2)10(13)15-6-3;1-5(2,3)4/h4,8H,5-6H2,1-3H3;8H,4-6H2,1-3H3;. The number of hydrogen-bond donors (Lipinski definition) is 0. The zero-order chi connectivity index (χ0) is 28.2. The first-order valence-electron chi connectivity index (χ1n) is 10.4. The van der Waals surface area contributed by atoms with Crippen LogP contribution in [0.3, 0.4) is 0 Å². The molecule has 0 saturated carbocycles. The fraction of sp³-hybridized carbons (Fsp3) is 0.650. The summed E-state index contributed by atoms with van der Waals surface area (Å²) in [5.41, 5.74) is 0. The molecule has 15 heteroatoms. The van der Waals surface area contributed by atoms with Crippen LogP contribution in [0.25, 0.3) is 0 Å². The second-order valence-electron chi connectivity index (χ2n) is 5.77. The highest BCUT2D eigenvalue weighted by Crippen LogP contribution is 2.61. The molecule has 0 aromatic rings. The summed E-state index contributed by atoms with van der Waals surface area (Å²) in [4.78, 5) is 56.8. The maximum atomic E-state index is 11.4. The van der Waals surface area contributed by atoms with E-state index in [0.29, 0.717) is 0 Å². The summed E-state index contributed by atoms with van der Waals surface area (Å²) in [5, 5.41) is -3.10. The van der Waals surface area contributed by atoms with Gasteiger partial charge in [0.2, 0.25) is 5.92 Å². The number of allylic oxidation sites excluding steroid dienone is 1. The van der Waals surface area contributed by atoms with Crippen LogP contribution in [-0.4, -0.2) is 56.1 Å². The van der Waals surface area contributed by atoms with E-state index in [-0.39, 0.29) is 37.9 Å².